The molecule has 0 saturated heterocycles. The van der Waals surface area contributed by atoms with E-state index in [-0.39, 0.29) is 5.91 Å². The van der Waals surface area contributed by atoms with E-state index >= 15 is 0 Å². The van der Waals surface area contributed by atoms with Gasteiger partial charge in [-0.1, -0.05) is 26.0 Å². The molecule has 3 heteroatoms. The highest BCUT2D eigenvalue weighted by molar-refractivity contribution is 6.03. The molecular weight excluding hydrogens is 214 g/mol. The summed E-state index contributed by atoms with van der Waals surface area (Å²) in [5, 5.41) is 2.81. The number of anilines is 1. The fourth-order valence-corrected chi connectivity index (χ4v) is 1.55. The highest BCUT2D eigenvalue weighted by atomic mass is 16.3. The van der Waals surface area contributed by atoms with E-state index in [0.29, 0.717) is 11.5 Å². The number of nitrogens with one attached hydrogen (secondary N) is 1. The zero-order valence-corrected chi connectivity index (χ0v) is 9.94. The maximum atomic E-state index is 11.7. The van der Waals surface area contributed by atoms with Crippen molar-refractivity contribution in [1.82, 2.24) is 0 Å². The highest BCUT2D eigenvalue weighted by Crippen LogP contribution is 2.17. The molecule has 1 amide bonds. The molecular formula is C14H15NO2. The highest BCUT2D eigenvalue weighted by Gasteiger charge is 2.07. The largest absolute Gasteiger partial charge is 0.472 e. The molecule has 1 N–H and O–H groups in total. The van der Waals surface area contributed by atoms with Gasteiger partial charge in [-0.15, -0.1) is 0 Å². The summed E-state index contributed by atoms with van der Waals surface area (Å²) in [5.41, 5.74) is 2.57. The minimum atomic E-state index is -0.156. The van der Waals surface area contributed by atoms with Crippen molar-refractivity contribution >= 4 is 11.6 Å². The summed E-state index contributed by atoms with van der Waals surface area (Å²) in [6.07, 6.45) is 2.91. The number of carbonyl (C=O) groups is 1. The Balaban J connectivity index is 2.07. The van der Waals surface area contributed by atoms with Gasteiger partial charge in [0.05, 0.1) is 11.8 Å². The number of amides is 1. The second kappa shape index (κ2) is 4.87. The lowest BCUT2D eigenvalue weighted by Crippen LogP contribution is -2.10. The van der Waals surface area contributed by atoms with Gasteiger partial charge < -0.3 is 9.73 Å². The van der Waals surface area contributed by atoms with Gasteiger partial charge in [-0.2, -0.15) is 0 Å². The van der Waals surface area contributed by atoms with Crippen molar-refractivity contribution < 1.29 is 9.21 Å². The number of furan rings is 1. The maximum Gasteiger partial charge on any atom is 0.258 e. The van der Waals surface area contributed by atoms with Crippen molar-refractivity contribution in [1.29, 1.82) is 0 Å². The summed E-state index contributed by atoms with van der Waals surface area (Å²) in [6, 6.07) is 9.50. The second-order valence-corrected chi connectivity index (χ2v) is 4.24. The molecule has 0 aliphatic heterocycles. The van der Waals surface area contributed by atoms with Crippen LogP contribution in [0, 0.1) is 0 Å². The third kappa shape index (κ3) is 2.75. The zero-order valence-electron chi connectivity index (χ0n) is 9.94. The zero-order chi connectivity index (χ0) is 12.3. The van der Waals surface area contributed by atoms with Crippen LogP contribution in [0.5, 0.6) is 0 Å². The topological polar surface area (TPSA) is 42.2 Å². The summed E-state index contributed by atoms with van der Waals surface area (Å²) in [4.78, 5) is 11.7. The molecule has 1 aromatic carbocycles. The van der Waals surface area contributed by atoms with Gasteiger partial charge in [0.25, 0.3) is 5.91 Å². The predicted octanol–water partition coefficient (Wildman–Crippen LogP) is 3.66. The second-order valence-electron chi connectivity index (χ2n) is 4.24. The van der Waals surface area contributed by atoms with E-state index in [9.17, 15) is 4.79 Å². The van der Waals surface area contributed by atoms with Crippen LogP contribution in [0.3, 0.4) is 0 Å². The third-order valence-electron chi connectivity index (χ3n) is 2.62. The monoisotopic (exact) mass is 229 g/mol. The van der Waals surface area contributed by atoms with Crippen molar-refractivity contribution in [3.05, 3.63) is 54.0 Å². The lowest BCUT2D eigenvalue weighted by atomic mass is 10.0. The molecule has 0 unspecified atom stereocenters. The Labute approximate surface area is 100 Å². The van der Waals surface area contributed by atoms with E-state index < -0.39 is 0 Å². The molecule has 88 valence electrons. The molecule has 0 bridgehead atoms. The van der Waals surface area contributed by atoms with Gasteiger partial charge in [0.1, 0.15) is 6.26 Å². The molecule has 0 atom stereocenters. The summed E-state index contributed by atoms with van der Waals surface area (Å²) >= 11 is 0. The first-order valence-electron chi connectivity index (χ1n) is 5.60. The van der Waals surface area contributed by atoms with Crippen LogP contribution < -0.4 is 5.32 Å². The molecule has 1 aromatic heterocycles. The van der Waals surface area contributed by atoms with E-state index in [2.05, 4.69) is 19.2 Å². The molecule has 0 aliphatic carbocycles. The lowest BCUT2D eigenvalue weighted by Gasteiger charge is -2.07. The number of benzene rings is 1. The van der Waals surface area contributed by atoms with E-state index in [4.69, 9.17) is 4.42 Å². The first kappa shape index (κ1) is 11.5. The molecule has 0 radical (unpaired) electrons. The maximum absolute atomic E-state index is 11.7. The number of hydrogen-bond acceptors (Lipinski definition) is 2. The van der Waals surface area contributed by atoms with Crippen molar-refractivity contribution in [3.8, 4) is 0 Å². The molecule has 0 fully saturated rings. The Morgan fingerprint density at radius 2 is 1.88 bits per heavy atom. The SMILES string of the molecule is CC(C)c1ccc(NC(=O)c2ccoc2)cc1. The quantitative estimate of drug-likeness (QED) is 0.872. The predicted molar refractivity (Wildman–Crippen MR) is 67.2 cm³/mol. The van der Waals surface area contributed by atoms with Gasteiger partial charge in [0.2, 0.25) is 0 Å². The summed E-state index contributed by atoms with van der Waals surface area (Å²) in [5.74, 6) is 0.338. The molecule has 0 saturated carbocycles. The molecule has 1 heterocycles. The fraction of sp³-hybridized carbons (Fsp3) is 0.214. The third-order valence-corrected chi connectivity index (χ3v) is 2.62. The van der Waals surface area contributed by atoms with Crippen LogP contribution >= 0.6 is 0 Å². The summed E-state index contributed by atoms with van der Waals surface area (Å²) in [7, 11) is 0. The minimum absolute atomic E-state index is 0.156. The van der Waals surface area contributed by atoms with Gasteiger partial charge in [0, 0.05) is 5.69 Å². The number of hydrogen-bond donors (Lipinski definition) is 1. The van der Waals surface area contributed by atoms with Gasteiger partial charge in [-0.05, 0) is 29.7 Å². The molecule has 3 nitrogen and oxygen atoms in total. The van der Waals surface area contributed by atoms with Crippen molar-refractivity contribution in [3.63, 3.8) is 0 Å². The van der Waals surface area contributed by atoms with Crippen LogP contribution in [-0.4, -0.2) is 5.91 Å². The van der Waals surface area contributed by atoms with Crippen LogP contribution in [0.4, 0.5) is 5.69 Å². The van der Waals surface area contributed by atoms with Crippen molar-refractivity contribution in [2.24, 2.45) is 0 Å². The first-order valence-corrected chi connectivity index (χ1v) is 5.60. The van der Waals surface area contributed by atoms with E-state index in [0.717, 1.165) is 5.69 Å². The molecule has 0 aliphatic rings. The molecule has 0 spiro atoms. The first-order chi connectivity index (χ1) is 8.16. The van der Waals surface area contributed by atoms with Gasteiger partial charge in [0.15, 0.2) is 0 Å². The standard InChI is InChI=1S/C14H15NO2/c1-10(2)11-3-5-13(6-4-11)15-14(16)12-7-8-17-9-12/h3-10H,1-2H3,(H,15,16). The average molecular weight is 229 g/mol. The number of rotatable bonds is 3. The van der Waals surface area contributed by atoms with E-state index in [1.807, 2.05) is 24.3 Å². The smallest absolute Gasteiger partial charge is 0.258 e. The Morgan fingerprint density at radius 1 is 1.18 bits per heavy atom. The molecule has 2 aromatic rings. The average Bonchev–Trinajstić information content (AvgIpc) is 2.83. The van der Waals surface area contributed by atoms with E-state index in [1.54, 1.807) is 6.07 Å². The van der Waals surface area contributed by atoms with Gasteiger partial charge in [-0.25, -0.2) is 0 Å². The Kier molecular flexibility index (Phi) is 3.28. The van der Waals surface area contributed by atoms with Gasteiger partial charge >= 0.3 is 0 Å². The Hall–Kier alpha value is -2.03. The normalized spacial score (nSPS) is 10.5. The van der Waals surface area contributed by atoms with E-state index in [1.165, 1.54) is 18.1 Å². The number of carbonyl (C=O) groups excluding carboxylic acids is 1. The van der Waals surface area contributed by atoms with Gasteiger partial charge in [-0.3, -0.25) is 4.79 Å². The molecule has 17 heavy (non-hydrogen) atoms. The van der Waals surface area contributed by atoms with Crippen LogP contribution in [0.2, 0.25) is 0 Å². The minimum Gasteiger partial charge on any atom is -0.472 e. The van der Waals surface area contributed by atoms with Crippen molar-refractivity contribution in [2.45, 2.75) is 19.8 Å². The Morgan fingerprint density at radius 3 is 2.41 bits per heavy atom. The Bertz CT molecular complexity index is 483. The molecule has 2 rings (SSSR count). The van der Waals surface area contributed by atoms with Crippen LogP contribution in [-0.2, 0) is 0 Å². The van der Waals surface area contributed by atoms with Crippen LogP contribution in [0.25, 0.3) is 0 Å². The lowest BCUT2D eigenvalue weighted by molar-refractivity contribution is 0.102. The van der Waals surface area contributed by atoms with Crippen molar-refractivity contribution in [2.75, 3.05) is 5.32 Å². The summed E-state index contributed by atoms with van der Waals surface area (Å²) < 4.78 is 4.86. The van der Waals surface area contributed by atoms with Crippen LogP contribution in [0.15, 0.2) is 47.3 Å². The fourth-order valence-electron chi connectivity index (χ4n) is 1.55. The summed E-state index contributed by atoms with van der Waals surface area (Å²) in [6.45, 7) is 4.28. The van der Waals surface area contributed by atoms with Crippen LogP contribution in [0.1, 0.15) is 35.7 Å².